The average Bonchev–Trinajstić information content (AvgIpc) is 2.71. The zero-order valence-electron chi connectivity index (χ0n) is 14.3. The molecule has 7 heteroatoms. The summed E-state index contributed by atoms with van der Waals surface area (Å²) in [5.74, 6) is 0.827. The Bertz CT molecular complexity index is 871. The van der Waals surface area contributed by atoms with E-state index in [-0.39, 0.29) is 5.91 Å². The molecule has 0 fully saturated rings. The number of amides is 1. The van der Waals surface area contributed by atoms with E-state index in [0.717, 1.165) is 17.0 Å². The molecule has 26 heavy (non-hydrogen) atoms. The van der Waals surface area contributed by atoms with Gasteiger partial charge in [0.15, 0.2) is 0 Å². The molecule has 0 saturated heterocycles. The predicted octanol–water partition coefficient (Wildman–Crippen LogP) is 2.42. The maximum Gasteiger partial charge on any atom is 0.270 e. The van der Waals surface area contributed by atoms with Crippen LogP contribution in [-0.2, 0) is 13.1 Å². The first-order chi connectivity index (χ1) is 12.8. The largest absolute Gasteiger partial charge is 0.496 e. The highest BCUT2D eigenvalue weighted by molar-refractivity contribution is 5.92. The number of rotatable bonds is 7. The van der Waals surface area contributed by atoms with Crippen LogP contribution in [0.3, 0.4) is 0 Å². The lowest BCUT2D eigenvalue weighted by atomic mass is 10.2. The summed E-state index contributed by atoms with van der Waals surface area (Å²) < 4.78 is 5.28. The first-order valence-electron chi connectivity index (χ1n) is 8.13. The summed E-state index contributed by atoms with van der Waals surface area (Å²) in [6.45, 7) is 0.830. The van der Waals surface area contributed by atoms with Crippen LogP contribution in [0.25, 0.3) is 0 Å². The minimum absolute atomic E-state index is 0.279. The molecule has 2 heterocycles. The van der Waals surface area contributed by atoms with E-state index in [4.69, 9.17) is 4.74 Å². The third-order valence-corrected chi connectivity index (χ3v) is 3.67. The van der Waals surface area contributed by atoms with Crippen molar-refractivity contribution in [3.8, 4) is 5.75 Å². The molecule has 2 N–H and O–H groups in total. The van der Waals surface area contributed by atoms with Crippen LogP contribution in [0.1, 0.15) is 21.7 Å². The molecule has 0 aliphatic rings. The van der Waals surface area contributed by atoms with Crippen molar-refractivity contribution in [1.29, 1.82) is 0 Å². The second-order valence-electron chi connectivity index (χ2n) is 5.43. The Morgan fingerprint density at radius 1 is 1.00 bits per heavy atom. The number of carbonyl (C=O) groups excluding carboxylic acids is 1. The minimum Gasteiger partial charge on any atom is -0.496 e. The SMILES string of the molecule is COc1ccccc1CNC(=O)c1ccnc(NCc2ccccn2)n1. The van der Waals surface area contributed by atoms with E-state index in [2.05, 4.69) is 25.6 Å². The van der Waals surface area contributed by atoms with Gasteiger partial charge in [-0.1, -0.05) is 24.3 Å². The van der Waals surface area contributed by atoms with Crippen LogP contribution in [0.4, 0.5) is 5.95 Å². The number of carbonyl (C=O) groups is 1. The van der Waals surface area contributed by atoms with Crippen molar-refractivity contribution in [2.45, 2.75) is 13.1 Å². The number of nitrogens with one attached hydrogen (secondary N) is 2. The zero-order chi connectivity index (χ0) is 18.2. The molecule has 1 amide bonds. The second kappa shape index (κ2) is 8.57. The van der Waals surface area contributed by atoms with Gasteiger partial charge in [0.1, 0.15) is 11.4 Å². The van der Waals surface area contributed by atoms with Gasteiger partial charge in [-0.2, -0.15) is 0 Å². The molecule has 3 rings (SSSR count). The molecule has 0 radical (unpaired) electrons. The Morgan fingerprint density at radius 2 is 1.85 bits per heavy atom. The summed E-state index contributed by atoms with van der Waals surface area (Å²) >= 11 is 0. The van der Waals surface area contributed by atoms with E-state index in [1.165, 1.54) is 0 Å². The first kappa shape index (κ1) is 17.3. The standard InChI is InChI=1S/C19H19N5O2/c1-26-17-8-3-2-6-14(17)12-22-18(25)16-9-11-21-19(24-16)23-13-15-7-4-5-10-20-15/h2-11H,12-13H2,1H3,(H,22,25)(H,21,23,24). The molecule has 2 aromatic heterocycles. The van der Waals surface area contributed by atoms with E-state index in [1.807, 2.05) is 42.5 Å². The number of para-hydroxylation sites is 1. The number of hydrogen-bond acceptors (Lipinski definition) is 6. The van der Waals surface area contributed by atoms with Crippen molar-refractivity contribution in [2.75, 3.05) is 12.4 Å². The van der Waals surface area contributed by atoms with Gasteiger partial charge in [-0.15, -0.1) is 0 Å². The molecule has 3 aromatic rings. The van der Waals surface area contributed by atoms with E-state index in [9.17, 15) is 4.79 Å². The first-order valence-corrected chi connectivity index (χ1v) is 8.13. The molecule has 132 valence electrons. The van der Waals surface area contributed by atoms with Crippen molar-refractivity contribution in [2.24, 2.45) is 0 Å². The Morgan fingerprint density at radius 3 is 2.65 bits per heavy atom. The summed E-state index contributed by atoms with van der Waals surface area (Å²) in [6.07, 6.45) is 3.27. The highest BCUT2D eigenvalue weighted by atomic mass is 16.5. The summed E-state index contributed by atoms with van der Waals surface area (Å²) in [4.78, 5) is 25.0. The van der Waals surface area contributed by atoms with Crippen LogP contribution in [0.15, 0.2) is 60.9 Å². The Kier molecular flexibility index (Phi) is 5.72. The van der Waals surface area contributed by atoms with Gasteiger partial charge in [-0.3, -0.25) is 9.78 Å². The van der Waals surface area contributed by atoms with Gasteiger partial charge in [-0.05, 0) is 24.3 Å². The quantitative estimate of drug-likeness (QED) is 0.681. The highest BCUT2D eigenvalue weighted by Crippen LogP contribution is 2.16. The van der Waals surface area contributed by atoms with Crippen molar-refractivity contribution >= 4 is 11.9 Å². The van der Waals surface area contributed by atoms with Gasteiger partial charge < -0.3 is 15.4 Å². The van der Waals surface area contributed by atoms with Crippen LogP contribution in [0.2, 0.25) is 0 Å². The predicted molar refractivity (Wildman–Crippen MR) is 97.8 cm³/mol. The highest BCUT2D eigenvalue weighted by Gasteiger charge is 2.10. The van der Waals surface area contributed by atoms with Gasteiger partial charge in [0.2, 0.25) is 5.95 Å². The monoisotopic (exact) mass is 349 g/mol. The molecule has 0 saturated carbocycles. The van der Waals surface area contributed by atoms with Crippen LogP contribution < -0.4 is 15.4 Å². The number of methoxy groups -OCH3 is 1. The average molecular weight is 349 g/mol. The Labute approximate surface area is 151 Å². The molecular formula is C19H19N5O2. The lowest BCUT2D eigenvalue weighted by Crippen LogP contribution is -2.24. The van der Waals surface area contributed by atoms with Crippen LogP contribution in [0, 0.1) is 0 Å². The smallest absolute Gasteiger partial charge is 0.270 e. The molecule has 0 aliphatic heterocycles. The fraction of sp³-hybridized carbons (Fsp3) is 0.158. The molecule has 7 nitrogen and oxygen atoms in total. The van der Waals surface area contributed by atoms with Crippen molar-refractivity contribution < 1.29 is 9.53 Å². The number of nitrogens with zero attached hydrogens (tertiary/aromatic N) is 3. The third-order valence-electron chi connectivity index (χ3n) is 3.67. The number of aromatic nitrogens is 3. The zero-order valence-corrected chi connectivity index (χ0v) is 14.3. The normalized spacial score (nSPS) is 10.2. The van der Waals surface area contributed by atoms with Gasteiger partial charge in [0, 0.05) is 24.5 Å². The molecule has 1 aromatic carbocycles. The maximum atomic E-state index is 12.4. The number of ether oxygens (including phenoxy) is 1. The van der Waals surface area contributed by atoms with E-state index >= 15 is 0 Å². The number of pyridine rings is 1. The van der Waals surface area contributed by atoms with Gasteiger partial charge in [0.05, 0.1) is 19.3 Å². The van der Waals surface area contributed by atoms with Gasteiger partial charge in [0.25, 0.3) is 5.91 Å². The molecule has 0 bridgehead atoms. The number of anilines is 1. The topological polar surface area (TPSA) is 89.0 Å². The fourth-order valence-electron chi connectivity index (χ4n) is 2.36. The van der Waals surface area contributed by atoms with E-state index in [0.29, 0.717) is 24.7 Å². The maximum absolute atomic E-state index is 12.4. The summed E-state index contributed by atoms with van der Waals surface area (Å²) in [7, 11) is 1.60. The summed E-state index contributed by atoms with van der Waals surface area (Å²) in [5.41, 5.74) is 2.05. The molecular weight excluding hydrogens is 330 g/mol. The lowest BCUT2D eigenvalue weighted by molar-refractivity contribution is 0.0945. The van der Waals surface area contributed by atoms with Crippen molar-refractivity contribution in [3.63, 3.8) is 0 Å². The van der Waals surface area contributed by atoms with E-state index < -0.39 is 0 Å². The summed E-state index contributed by atoms with van der Waals surface area (Å²) in [6, 6.07) is 14.8. The second-order valence-corrected chi connectivity index (χ2v) is 5.43. The molecule has 0 atom stereocenters. The number of hydrogen-bond donors (Lipinski definition) is 2. The van der Waals surface area contributed by atoms with Crippen molar-refractivity contribution in [1.82, 2.24) is 20.3 Å². The lowest BCUT2D eigenvalue weighted by Gasteiger charge is -2.10. The summed E-state index contributed by atoms with van der Waals surface area (Å²) in [5, 5.41) is 5.91. The number of benzene rings is 1. The molecule has 0 aliphatic carbocycles. The minimum atomic E-state index is -0.279. The van der Waals surface area contributed by atoms with Crippen LogP contribution >= 0.6 is 0 Å². The fourth-order valence-corrected chi connectivity index (χ4v) is 2.36. The van der Waals surface area contributed by atoms with Crippen LogP contribution in [-0.4, -0.2) is 28.0 Å². The molecule has 0 unspecified atom stereocenters. The van der Waals surface area contributed by atoms with Crippen LogP contribution in [0.5, 0.6) is 5.75 Å². The van der Waals surface area contributed by atoms with Crippen molar-refractivity contribution in [3.05, 3.63) is 77.9 Å². The van der Waals surface area contributed by atoms with E-state index in [1.54, 1.807) is 25.6 Å². The van der Waals surface area contributed by atoms with Gasteiger partial charge in [-0.25, -0.2) is 9.97 Å². The van der Waals surface area contributed by atoms with Gasteiger partial charge >= 0.3 is 0 Å². The molecule has 0 spiro atoms. The third kappa shape index (κ3) is 4.54. The Hall–Kier alpha value is -3.48. The Balaban J connectivity index is 1.61.